The Hall–Kier alpha value is -3.42. The van der Waals surface area contributed by atoms with E-state index < -0.39 is 0 Å². The fourth-order valence-corrected chi connectivity index (χ4v) is 6.28. The summed E-state index contributed by atoms with van der Waals surface area (Å²) in [6.07, 6.45) is 6.33. The first kappa shape index (κ1) is 24.9. The Kier molecular flexibility index (Phi) is 7.04. The molecule has 0 unspecified atom stereocenters. The van der Waals surface area contributed by atoms with Gasteiger partial charge in [0, 0.05) is 73.4 Å². The second-order valence-corrected chi connectivity index (χ2v) is 11.1. The van der Waals surface area contributed by atoms with Crippen LogP contribution < -0.4 is 15.5 Å². The van der Waals surface area contributed by atoms with Crippen LogP contribution in [0.15, 0.2) is 24.3 Å². The molecule has 38 heavy (non-hydrogen) atoms. The summed E-state index contributed by atoms with van der Waals surface area (Å²) in [4.78, 5) is 14.8. The molecule has 3 fully saturated rings. The van der Waals surface area contributed by atoms with Crippen molar-refractivity contribution in [2.24, 2.45) is 5.92 Å². The van der Waals surface area contributed by atoms with Crippen LogP contribution in [0.25, 0.3) is 10.9 Å². The lowest BCUT2D eigenvalue weighted by molar-refractivity contribution is -0.0272. The third-order valence-corrected chi connectivity index (χ3v) is 8.30. The zero-order valence-corrected chi connectivity index (χ0v) is 22.3. The van der Waals surface area contributed by atoms with Gasteiger partial charge in [-0.05, 0) is 57.2 Å². The van der Waals surface area contributed by atoms with E-state index in [1.54, 1.807) is 0 Å². The molecular formula is C28H37N9O. The van der Waals surface area contributed by atoms with Crippen molar-refractivity contribution in [2.45, 2.75) is 63.6 Å². The molecule has 3 atom stereocenters. The van der Waals surface area contributed by atoms with Crippen molar-refractivity contribution >= 4 is 34.2 Å². The number of anilines is 4. The lowest BCUT2D eigenvalue weighted by Crippen LogP contribution is -2.37. The lowest BCUT2D eigenvalue weighted by atomic mass is 9.97. The van der Waals surface area contributed by atoms with Gasteiger partial charge in [0.25, 0.3) is 0 Å². The molecule has 3 aliphatic rings. The smallest absolute Gasteiger partial charge is 0.225 e. The number of benzene rings is 1. The SMILES string of the molecule is Cc1cc(Nc2nc(N[C@H]3CC[C@H]4CC[C@H](C3)N4CCC#N)nc3cc(N(C)CC4COC4)ccc23)n[nH]1. The Bertz CT molecular complexity index is 1310. The van der Waals surface area contributed by atoms with Crippen LogP contribution in [0.4, 0.5) is 23.3 Å². The molecular weight excluding hydrogens is 478 g/mol. The molecule has 10 nitrogen and oxygen atoms in total. The highest BCUT2D eigenvalue weighted by Gasteiger charge is 2.37. The molecule has 1 aromatic carbocycles. The second-order valence-electron chi connectivity index (χ2n) is 11.1. The first-order valence-electron chi connectivity index (χ1n) is 13.8. The van der Waals surface area contributed by atoms with E-state index in [1.165, 1.54) is 12.8 Å². The fraction of sp³-hybridized carbons (Fsp3) is 0.571. The standard InChI is InChI=1S/C28H37N9O/c1-18-12-26(35-34-18)32-27-24-9-8-22(36(2)15-19-16-38-17-19)14-25(24)31-28(33-27)30-20-4-5-21-6-7-23(13-20)37(21)11-3-10-29/h8-9,12,14,19-21,23H,3-7,11,13,15-17H2,1-2H3,(H3,30,31,32,33,34,35)/t20-,21-,23+/m0/s1. The van der Waals surface area contributed by atoms with Gasteiger partial charge in [0.1, 0.15) is 5.82 Å². The molecule has 0 radical (unpaired) electrons. The number of nitrogens with one attached hydrogen (secondary N) is 3. The van der Waals surface area contributed by atoms with Gasteiger partial charge in [-0.2, -0.15) is 15.3 Å². The van der Waals surface area contributed by atoms with Crippen LogP contribution >= 0.6 is 0 Å². The zero-order valence-electron chi connectivity index (χ0n) is 22.3. The van der Waals surface area contributed by atoms with E-state index in [1.807, 2.05) is 13.0 Å². The van der Waals surface area contributed by atoms with E-state index in [2.05, 4.69) is 61.9 Å². The molecule has 10 heteroatoms. The number of nitrogens with zero attached hydrogens (tertiary/aromatic N) is 6. The van der Waals surface area contributed by atoms with E-state index in [9.17, 15) is 0 Å². The molecule has 0 amide bonds. The Morgan fingerprint density at radius 2 is 2.00 bits per heavy atom. The number of aromatic nitrogens is 4. The van der Waals surface area contributed by atoms with Crippen molar-refractivity contribution < 1.29 is 4.74 Å². The van der Waals surface area contributed by atoms with Crippen LogP contribution in [0.5, 0.6) is 0 Å². The first-order valence-corrected chi connectivity index (χ1v) is 13.8. The van der Waals surface area contributed by atoms with Crippen molar-refractivity contribution in [3.05, 3.63) is 30.0 Å². The van der Waals surface area contributed by atoms with E-state index in [0.29, 0.717) is 36.4 Å². The second kappa shape index (κ2) is 10.8. The minimum Gasteiger partial charge on any atom is -0.381 e. The molecule has 3 aromatic rings. The number of nitriles is 1. The van der Waals surface area contributed by atoms with Crippen molar-refractivity contribution in [2.75, 3.05) is 48.9 Å². The van der Waals surface area contributed by atoms with Gasteiger partial charge < -0.3 is 20.3 Å². The summed E-state index contributed by atoms with van der Waals surface area (Å²) in [6.45, 7) is 5.50. The number of hydrogen-bond acceptors (Lipinski definition) is 9. The highest BCUT2D eigenvalue weighted by Crippen LogP contribution is 2.36. The molecule has 5 heterocycles. The van der Waals surface area contributed by atoms with E-state index in [-0.39, 0.29) is 0 Å². The topological polar surface area (TPSA) is 118 Å². The molecule has 0 spiro atoms. The molecule has 2 bridgehead atoms. The van der Waals surface area contributed by atoms with E-state index in [0.717, 1.165) is 79.5 Å². The summed E-state index contributed by atoms with van der Waals surface area (Å²) < 4.78 is 5.37. The lowest BCUT2D eigenvalue weighted by Gasteiger charge is -2.31. The largest absolute Gasteiger partial charge is 0.381 e. The molecule has 3 saturated heterocycles. The van der Waals surface area contributed by atoms with Gasteiger partial charge in [-0.3, -0.25) is 10.00 Å². The third kappa shape index (κ3) is 5.26. The average molecular weight is 516 g/mol. The Morgan fingerprint density at radius 3 is 2.76 bits per heavy atom. The zero-order chi connectivity index (χ0) is 26.1. The predicted octanol–water partition coefficient (Wildman–Crippen LogP) is 4.20. The van der Waals surface area contributed by atoms with E-state index >= 15 is 0 Å². The number of aryl methyl sites for hydroxylation is 1. The van der Waals surface area contributed by atoms with Crippen molar-refractivity contribution in [3.63, 3.8) is 0 Å². The van der Waals surface area contributed by atoms with Gasteiger partial charge >= 0.3 is 0 Å². The number of fused-ring (bicyclic) bond motifs is 3. The minimum atomic E-state index is 0.303. The molecule has 3 aliphatic heterocycles. The monoisotopic (exact) mass is 515 g/mol. The first-order chi connectivity index (χ1) is 18.6. The Morgan fingerprint density at radius 1 is 1.16 bits per heavy atom. The number of H-pyrrole nitrogens is 1. The van der Waals surface area contributed by atoms with Gasteiger partial charge in [-0.15, -0.1) is 0 Å². The van der Waals surface area contributed by atoms with Crippen molar-refractivity contribution in [1.82, 2.24) is 25.1 Å². The van der Waals surface area contributed by atoms with Gasteiger partial charge in [0.2, 0.25) is 5.95 Å². The maximum Gasteiger partial charge on any atom is 0.225 e. The molecule has 3 N–H and O–H groups in total. The minimum absolute atomic E-state index is 0.303. The summed E-state index contributed by atoms with van der Waals surface area (Å²) >= 11 is 0. The molecule has 0 aliphatic carbocycles. The van der Waals surface area contributed by atoms with Gasteiger partial charge in [-0.25, -0.2) is 4.98 Å². The summed E-state index contributed by atoms with van der Waals surface area (Å²) in [5.41, 5.74) is 3.02. The quantitative estimate of drug-likeness (QED) is 0.385. The number of ether oxygens (including phenoxy) is 1. The van der Waals surface area contributed by atoms with E-state index in [4.69, 9.17) is 20.0 Å². The van der Waals surface area contributed by atoms with Crippen LogP contribution in [-0.2, 0) is 4.74 Å². The maximum atomic E-state index is 9.11. The Balaban J connectivity index is 1.27. The molecule has 0 saturated carbocycles. The van der Waals surface area contributed by atoms with Crippen molar-refractivity contribution in [3.8, 4) is 6.07 Å². The summed E-state index contributed by atoms with van der Waals surface area (Å²) in [6, 6.07) is 12.1. The number of rotatable bonds is 9. The van der Waals surface area contributed by atoms with Crippen LogP contribution in [-0.4, -0.2) is 76.5 Å². The average Bonchev–Trinajstić information content (AvgIpc) is 3.42. The van der Waals surface area contributed by atoms with Crippen molar-refractivity contribution in [1.29, 1.82) is 5.26 Å². The normalized spacial score (nSPS) is 23.6. The predicted molar refractivity (Wildman–Crippen MR) is 149 cm³/mol. The van der Waals surface area contributed by atoms with Gasteiger partial charge in [0.15, 0.2) is 5.82 Å². The Labute approximate surface area is 223 Å². The van der Waals surface area contributed by atoms with Gasteiger partial charge in [-0.1, -0.05) is 0 Å². The third-order valence-electron chi connectivity index (χ3n) is 8.30. The summed E-state index contributed by atoms with van der Waals surface area (Å²) in [5.74, 6) is 2.71. The van der Waals surface area contributed by atoms with Crippen LogP contribution in [0.1, 0.15) is 44.2 Å². The maximum absolute atomic E-state index is 9.11. The highest BCUT2D eigenvalue weighted by molar-refractivity contribution is 5.93. The number of hydrogen-bond donors (Lipinski definition) is 3. The summed E-state index contributed by atoms with van der Waals surface area (Å²) in [7, 11) is 2.13. The highest BCUT2D eigenvalue weighted by atomic mass is 16.5. The molecule has 2 aromatic heterocycles. The summed E-state index contributed by atoms with van der Waals surface area (Å²) in [5, 5.41) is 24.5. The van der Waals surface area contributed by atoms with Gasteiger partial charge in [0.05, 0.1) is 24.8 Å². The number of aromatic amines is 1. The van der Waals surface area contributed by atoms with Crippen LogP contribution in [0, 0.1) is 24.2 Å². The van der Waals surface area contributed by atoms with Crippen LogP contribution in [0.3, 0.4) is 0 Å². The molecule has 6 rings (SSSR count). The van der Waals surface area contributed by atoms with Crippen LogP contribution in [0.2, 0.25) is 0 Å². The fourth-order valence-electron chi connectivity index (χ4n) is 6.28. The molecule has 200 valence electrons.